The summed E-state index contributed by atoms with van der Waals surface area (Å²) in [6, 6.07) is 3.90. The maximum absolute atomic E-state index is 5.63. The molecule has 0 fully saturated rings. The van der Waals surface area contributed by atoms with Crippen molar-refractivity contribution in [1.29, 1.82) is 0 Å². The quantitative estimate of drug-likeness (QED) is 0.638. The number of hydrogen-bond acceptors (Lipinski definition) is 8. The molecule has 27 heavy (non-hydrogen) atoms. The van der Waals surface area contributed by atoms with Crippen LogP contribution in [0.25, 0.3) is 21.1 Å². The van der Waals surface area contributed by atoms with E-state index in [9.17, 15) is 0 Å². The van der Waals surface area contributed by atoms with Crippen LogP contribution in [0.5, 0.6) is 5.88 Å². The van der Waals surface area contributed by atoms with Crippen molar-refractivity contribution in [3.63, 3.8) is 0 Å². The number of oxime groups is 1. The van der Waals surface area contributed by atoms with E-state index in [2.05, 4.69) is 20.1 Å². The molecule has 1 aliphatic rings. The lowest BCUT2D eigenvalue weighted by Gasteiger charge is -2.17. The Kier molecular flexibility index (Phi) is 4.81. The van der Waals surface area contributed by atoms with Crippen LogP contribution in [0.2, 0.25) is 0 Å². The van der Waals surface area contributed by atoms with Gasteiger partial charge in [0.05, 0.1) is 23.4 Å². The number of nitrogens with zero attached hydrogens (tertiary/aromatic N) is 5. The summed E-state index contributed by atoms with van der Waals surface area (Å²) in [7, 11) is 0. The van der Waals surface area contributed by atoms with Crippen LogP contribution in [0, 0.1) is 6.92 Å². The largest absolute Gasteiger partial charge is 0.476 e. The van der Waals surface area contributed by atoms with E-state index < -0.39 is 0 Å². The number of rotatable bonds is 4. The van der Waals surface area contributed by atoms with Gasteiger partial charge in [0.1, 0.15) is 22.5 Å². The summed E-state index contributed by atoms with van der Waals surface area (Å²) in [6.07, 6.45) is 5.92. The molecule has 0 spiro atoms. The number of aryl methyl sites for hydroxylation is 1. The second-order valence-electron chi connectivity index (χ2n) is 6.37. The van der Waals surface area contributed by atoms with Crippen LogP contribution < -0.4 is 4.74 Å². The van der Waals surface area contributed by atoms with Crippen molar-refractivity contribution in [2.75, 3.05) is 6.61 Å². The Morgan fingerprint density at radius 3 is 2.93 bits per heavy atom. The first-order chi connectivity index (χ1) is 13.1. The van der Waals surface area contributed by atoms with E-state index in [4.69, 9.17) is 14.6 Å². The smallest absolute Gasteiger partial charge is 0.242 e. The third-order valence-corrected chi connectivity index (χ3v) is 5.13. The molecule has 0 saturated carbocycles. The van der Waals surface area contributed by atoms with Gasteiger partial charge < -0.3 is 9.57 Å². The molecule has 0 saturated heterocycles. The average Bonchev–Trinajstić information content (AvgIpc) is 3.08. The Balaban J connectivity index is 1.73. The summed E-state index contributed by atoms with van der Waals surface area (Å²) in [5.74, 6) is 0.491. The first-order valence-electron chi connectivity index (χ1n) is 8.73. The highest BCUT2D eigenvalue weighted by Crippen LogP contribution is 2.35. The number of hydrogen-bond donors (Lipinski definition) is 0. The van der Waals surface area contributed by atoms with Gasteiger partial charge in [-0.3, -0.25) is 4.98 Å². The highest BCUT2D eigenvalue weighted by molar-refractivity contribution is 7.18. The minimum atomic E-state index is 0.00529. The van der Waals surface area contributed by atoms with Crippen LogP contribution in [0.3, 0.4) is 0 Å². The molecule has 4 heterocycles. The fourth-order valence-corrected chi connectivity index (χ4v) is 3.66. The number of aromatic nitrogens is 4. The van der Waals surface area contributed by atoms with Gasteiger partial charge in [-0.1, -0.05) is 5.16 Å². The zero-order chi connectivity index (χ0) is 18.8. The topological polar surface area (TPSA) is 82.4 Å². The summed E-state index contributed by atoms with van der Waals surface area (Å²) in [4.78, 5) is 24.4. The van der Waals surface area contributed by atoms with Crippen LogP contribution in [-0.4, -0.2) is 38.4 Å². The van der Waals surface area contributed by atoms with Gasteiger partial charge in [0.25, 0.3) is 0 Å². The predicted molar refractivity (Wildman–Crippen MR) is 104 cm³/mol. The number of thiazole rings is 1. The third kappa shape index (κ3) is 3.66. The van der Waals surface area contributed by atoms with Gasteiger partial charge in [0.2, 0.25) is 5.88 Å². The minimum Gasteiger partial charge on any atom is -0.476 e. The second-order valence-corrected chi connectivity index (χ2v) is 7.37. The van der Waals surface area contributed by atoms with E-state index in [0.717, 1.165) is 32.5 Å². The van der Waals surface area contributed by atoms with Crippen LogP contribution in [-0.2, 0) is 4.84 Å². The Bertz CT molecular complexity index is 985. The fraction of sp³-hybridized carbons (Fsp3) is 0.316. The minimum absolute atomic E-state index is 0.00529. The molecule has 3 aromatic heterocycles. The fourth-order valence-electron chi connectivity index (χ4n) is 2.65. The Morgan fingerprint density at radius 2 is 2.15 bits per heavy atom. The monoisotopic (exact) mass is 381 g/mol. The van der Waals surface area contributed by atoms with Crippen LogP contribution in [0.15, 0.2) is 35.9 Å². The molecule has 3 aromatic rings. The van der Waals surface area contributed by atoms with Crippen LogP contribution in [0.1, 0.15) is 31.7 Å². The highest BCUT2D eigenvalue weighted by Gasteiger charge is 2.23. The van der Waals surface area contributed by atoms with E-state index in [0.29, 0.717) is 24.6 Å². The SMILES string of the molecule is Cc1nc(-c2cccnc2)sc1-c1cnc2c(n1)/C(=N/OC(C)C)CCO2. The first kappa shape index (κ1) is 17.5. The van der Waals surface area contributed by atoms with Gasteiger partial charge in [0, 0.05) is 24.4 Å². The molecule has 0 aliphatic carbocycles. The summed E-state index contributed by atoms with van der Waals surface area (Å²) in [6.45, 7) is 6.37. The van der Waals surface area contributed by atoms with Crippen molar-refractivity contribution in [2.24, 2.45) is 5.16 Å². The maximum Gasteiger partial charge on any atom is 0.242 e. The summed E-state index contributed by atoms with van der Waals surface area (Å²) >= 11 is 1.57. The molecule has 0 unspecified atom stereocenters. The van der Waals surface area contributed by atoms with Gasteiger partial charge in [-0.05, 0) is 32.9 Å². The number of pyridine rings is 1. The number of fused-ring (bicyclic) bond motifs is 1. The molecular weight excluding hydrogens is 362 g/mol. The van der Waals surface area contributed by atoms with E-state index in [1.165, 1.54) is 0 Å². The van der Waals surface area contributed by atoms with Crippen molar-refractivity contribution in [3.05, 3.63) is 42.1 Å². The summed E-state index contributed by atoms with van der Waals surface area (Å²) in [5, 5.41) is 5.15. The van der Waals surface area contributed by atoms with E-state index >= 15 is 0 Å². The first-order valence-corrected chi connectivity index (χ1v) is 9.54. The highest BCUT2D eigenvalue weighted by atomic mass is 32.1. The third-order valence-electron chi connectivity index (χ3n) is 3.90. The van der Waals surface area contributed by atoms with Gasteiger partial charge >= 0.3 is 0 Å². The molecule has 0 amide bonds. The van der Waals surface area contributed by atoms with Crippen molar-refractivity contribution in [3.8, 4) is 27.0 Å². The predicted octanol–water partition coefficient (Wildman–Crippen LogP) is 3.88. The molecule has 1 aliphatic heterocycles. The van der Waals surface area contributed by atoms with Crippen molar-refractivity contribution >= 4 is 17.0 Å². The van der Waals surface area contributed by atoms with E-state index in [1.54, 1.807) is 23.7 Å². The van der Waals surface area contributed by atoms with E-state index in [1.807, 2.05) is 39.1 Å². The molecule has 0 aromatic carbocycles. The lowest BCUT2D eigenvalue weighted by molar-refractivity contribution is 0.0848. The van der Waals surface area contributed by atoms with Crippen LogP contribution in [0.4, 0.5) is 0 Å². The molecule has 0 radical (unpaired) electrons. The van der Waals surface area contributed by atoms with E-state index in [-0.39, 0.29) is 6.10 Å². The van der Waals surface area contributed by atoms with Gasteiger partial charge in [-0.2, -0.15) is 0 Å². The summed E-state index contributed by atoms with van der Waals surface area (Å²) in [5.41, 5.74) is 4.03. The van der Waals surface area contributed by atoms with Gasteiger partial charge in [-0.15, -0.1) is 11.3 Å². The zero-order valence-corrected chi connectivity index (χ0v) is 16.2. The molecule has 0 N–H and O–H groups in total. The Labute approximate surface area is 161 Å². The summed E-state index contributed by atoms with van der Waals surface area (Å²) < 4.78 is 5.63. The molecule has 0 bridgehead atoms. The average molecular weight is 381 g/mol. The molecule has 7 nitrogen and oxygen atoms in total. The van der Waals surface area contributed by atoms with Gasteiger partial charge in [-0.25, -0.2) is 15.0 Å². The number of ether oxygens (including phenoxy) is 1. The molecule has 8 heteroatoms. The second kappa shape index (κ2) is 7.40. The van der Waals surface area contributed by atoms with Gasteiger partial charge in [0.15, 0.2) is 5.69 Å². The van der Waals surface area contributed by atoms with Crippen molar-refractivity contribution < 1.29 is 9.57 Å². The Hall–Kier alpha value is -2.87. The Morgan fingerprint density at radius 1 is 1.26 bits per heavy atom. The molecule has 4 rings (SSSR count). The van der Waals surface area contributed by atoms with Crippen molar-refractivity contribution in [1.82, 2.24) is 19.9 Å². The molecule has 138 valence electrons. The standard InChI is InChI=1S/C19H19N5O2S/c1-11(2)26-24-14-6-8-25-18-16(14)23-15(10-21-18)17-12(3)22-19(27-17)13-5-4-7-20-9-13/h4-5,7,9-11H,6,8H2,1-3H3/b24-14+. The zero-order valence-electron chi connectivity index (χ0n) is 15.3. The maximum atomic E-state index is 5.63. The lowest BCUT2D eigenvalue weighted by atomic mass is 10.1. The van der Waals surface area contributed by atoms with Crippen LogP contribution >= 0.6 is 11.3 Å². The molecular formula is C19H19N5O2S. The normalized spacial score (nSPS) is 14.9. The van der Waals surface area contributed by atoms with Crippen molar-refractivity contribution in [2.45, 2.75) is 33.3 Å². The molecule has 0 atom stereocenters. The lowest BCUT2D eigenvalue weighted by Crippen LogP contribution is -2.20.